The highest BCUT2D eigenvalue weighted by atomic mass is 79.9. The molecular weight excluding hydrogens is 348 g/mol. The molecule has 0 spiro atoms. The van der Waals surface area contributed by atoms with Crippen LogP contribution in [0.5, 0.6) is 0 Å². The van der Waals surface area contributed by atoms with Gasteiger partial charge in [0.05, 0.1) is 5.56 Å². The third-order valence-electron chi connectivity index (χ3n) is 2.88. The van der Waals surface area contributed by atoms with Crippen molar-refractivity contribution in [1.82, 2.24) is 9.97 Å². The van der Waals surface area contributed by atoms with E-state index in [2.05, 4.69) is 25.9 Å². The fourth-order valence-corrected chi connectivity index (χ4v) is 2.19. The predicted octanol–water partition coefficient (Wildman–Crippen LogP) is 3.86. The zero-order valence-corrected chi connectivity index (χ0v) is 13.0. The van der Waals surface area contributed by atoms with E-state index in [0.29, 0.717) is 11.5 Å². The molecule has 0 amide bonds. The summed E-state index contributed by atoms with van der Waals surface area (Å²) in [5.74, 6) is -0.206. The van der Waals surface area contributed by atoms with Gasteiger partial charge in [0, 0.05) is 16.9 Å². The molecule has 0 atom stereocenters. The maximum Gasteiger partial charge on any atom is 0.360 e. The molecule has 22 heavy (non-hydrogen) atoms. The van der Waals surface area contributed by atoms with Crippen molar-refractivity contribution in [2.45, 2.75) is 6.61 Å². The minimum atomic E-state index is -0.526. The number of halogens is 1. The van der Waals surface area contributed by atoms with Crippen molar-refractivity contribution in [3.05, 3.63) is 70.8 Å². The van der Waals surface area contributed by atoms with Crippen molar-refractivity contribution < 1.29 is 13.9 Å². The molecule has 6 heteroatoms. The van der Waals surface area contributed by atoms with E-state index in [0.717, 1.165) is 10.0 Å². The molecule has 2 heterocycles. The molecule has 0 bridgehead atoms. The number of esters is 1. The third kappa shape index (κ3) is 3.40. The highest BCUT2D eigenvalue weighted by molar-refractivity contribution is 9.10. The van der Waals surface area contributed by atoms with E-state index in [-0.39, 0.29) is 12.3 Å². The van der Waals surface area contributed by atoms with Gasteiger partial charge in [0.15, 0.2) is 5.69 Å². The van der Waals surface area contributed by atoms with Crippen LogP contribution >= 0.6 is 15.9 Å². The van der Waals surface area contributed by atoms with Crippen LogP contribution in [0.3, 0.4) is 0 Å². The van der Waals surface area contributed by atoms with Gasteiger partial charge in [-0.25, -0.2) is 9.78 Å². The number of hydrogen-bond donors (Lipinski definition) is 0. The van der Waals surface area contributed by atoms with Gasteiger partial charge >= 0.3 is 5.97 Å². The van der Waals surface area contributed by atoms with E-state index in [4.69, 9.17) is 9.15 Å². The van der Waals surface area contributed by atoms with Gasteiger partial charge in [-0.1, -0.05) is 30.3 Å². The van der Waals surface area contributed by atoms with Gasteiger partial charge < -0.3 is 9.15 Å². The van der Waals surface area contributed by atoms with Crippen molar-refractivity contribution in [2.75, 3.05) is 0 Å². The highest BCUT2D eigenvalue weighted by Gasteiger charge is 2.15. The summed E-state index contributed by atoms with van der Waals surface area (Å²) >= 11 is 3.32. The molecule has 0 saturated carbocycles. The van der Waals surface area contributed by atoms with Crippen LogP contribution in [0.2, 0.25) is 0 Å². The van der Waals surface area contributed by atoms with Crippen molar-refractivity contribution >= 4 is 21.9 Å². The summed E-state index contributed by atoms with van der Waals surface area (Å²) in [6, 6.07) is 11.2. The molecule has 0 aliphatic carbocycles. The minimum Gasteiger partial charge on any atom is -0.456 e. The average Bonchev–Trinajstić information content (AvgIpc) is 3.04. The van der Waals surface area contributed by atoms with E-state index in [1.54, 1.807) is 18.5 Å². The molecule has 110 valence electrons. The quantitative estimate of drug-likeness (QED) is 0.662. The number of carbonyl (C=O) groups is 1. The Balaban J connectivity index is 1.69. The van der Waals surface area contributed by atoms with Crippen molar-refractivity contribution in [1.29, 1.82) is 0 Å². The van der Waals surface area contributed by atoms with E-state index in [1.807, 2.05) is 30.3 Å². The number of hydrogen-bond acceptors (Lipinski definition) is 5. The van der Waals surface area contributed by atoms with Crippen LogP contribution in [-0.4, -0.2) is 15.9 Å². The molecule has 1 aromatic carbocycles. The Labute approximate surface area is 135 Å². The maximum atomic E-state index is 12.0. The van der Waals surface area contributed by atoms with E-state index in [9.17, 15) is 4.79 Å². The number of carbonyl (C=O) groups excluding carboxylic acids is 1. The number of rotatable bonds is 4. The Morgan fingerprint density at radius 1 is 1.23 bits per heavy atom. The van der Waals surface area contributed by atoms with Crippen LogP contribution in [0.25, 0.3) is 11.5 Å². The minimum absolute atomic E-state index is 0.130. The summed E-state index contributed by atoms with van der Waals surface area (Å²) in [5.41, 5.74) is 1.72. The number of benzene rings is 1. The van der Waals surface area contributed by atoms with Crippen LogP contribution in [0.1, 0.15) is 16.1 Å². The van der Waals surface area contributed by atoms with E-state index < -0.39 is 5.97 Å². The summed E-state index contributed by atoms with van der Waals surface area (Å²) in [4.78, 5) is 20.1. The van der Waals surface area contributed by atoms with Gasteiger partial charge in [0.2, 0.25) is 5.89 Å². The van der Waals surface area contributed by atoms with Gasteiger partial charge in [-0.3, -0.25) is 4.98 Å². The van der Waals surface area contributed by atoms with Gasteiger partial charge in [0.25, 0.3) is 0 Å². The Morgan fingerprint density at radius 2 is 2.05 bits per heavy atom. The summed E-state index contributed by atoms with van der Waals surface area (Å²) in [7, 11) is 0. The summed E-state index contributed by atoms with van der Waals surface area (Å²) < 4.78 is 11.3. The zero-order chi connectivity index (χ0) is 15.4. The topological polar surface area (TPSA) is 65.2 Å². The molecule has 3 aromatic rings. The van der Waals surface area contributed by atoms with Crippen LogP contribution in [-0.2, 0) is 11.3 Å². The summed E-state index contributed by atoms with van der Waals surface area (Å²) in [5, 5.41) is 0. The van der Waals surface area contributed by atoms with Gasteiger partial charge in [-0.05, 0) is 27.6 Å². The van der Waals surface area contributed by atoms with Crippen LogP contribution in [0, 0.1) is 0 Å². The lowest BCUT2D eigenvalue weighted by molar-refractivity contribution is 0.0465. The number of nitrogens with zero attached hydrogens (tertiary/aromatic N) is 2. The maximum absolute atomic E-state index is 12.0. The largest absolute Gasteiger partial charge is 0.456 e. The first-order valence-corrected chi connectivity index (χ1v) is 7.29. The van der Waals surface area contributed by atoms with E-state index >= 15 is 0 Å². The standard InChI is InChI=1S/C16H11BrN2O3/c17-13-6-12(7-18-8-13)15-19-14(10-21-15)16(20)22-9-11-4-2-1-3-5-11/h1-8,10H,9H2. The number of oxazole rings is 1. The SMILES string of the molecule is O=C(OCc1ccccc1)c1coc(-c2cncc(Br)c2)n1. The van der Waals surface area contributed by atoms with Crippen LogP contribution in [0.4, 0.5) is 0 Å². The Bertz CT molecular complexity index is 787. The van der Waals surface area contributed by atoms with Crippen molar-refractivity contribution in [2.24, 2.45) is 0 Å². The first-order chi connectivity index (χ1) is 10.7. The molecule has 2 aromatic heterocycles. The molecule has 0 aliphatic rings. The number of aromatic nitrogens is 2. The summed E-state index contributed by atoms with van der Waals surface area (Å²) in [6.45, 7) is 0.195. The first kappa shape index (κ1) is 14.5. The molecule has 0 fully saturated rings. The lowest BCUT2D eigenvalue weighted by Crippen LogP contribution is -2.05. The van der Waals surface area contributed by atoms with Crippen molar-refractivity contribution in [3.8, 4) is 11.5 Å². The fraction of sp³-hybridized carbons (Fsp3) is 0.0625. The Kier molecular flexibility index (Phi) is 4.29. The average molecular weight is 359 g/mol. The first-order valence-electron chi connectivity index (χ1n) is 6.50. The van der Waals surface area contributed by atoms with Gasteiger partial charge in [-0.2, -0.15) is 0 Å². The number of pyridine rings is 1. The molecule has 0 N–H and O–H groups in total. The smallest absolute Gasteiger partial charge is 0.360 e. The second-order valence-corrected chi connectivity index (χ2v) is 5.41. The van der Waals surface area contributed by atoms with Gasteiger partial charge in [-0.15, -0.1) is 0 Å². The Hall–Kier alpha value is -2.47. The monoisotopic (exact) mass is 358 g/mol. The van der Waals surface area contributed by atoms with Crippen molar-refractivity contribution in [3.63, 3.8) is 0 Å². The molecule has 5 nitrogen and oxygen atoms in total. The molecule has 0 aliphatic heterocycles. The summed E-state index contributed by atoms with van der Waals surface area (Å²) in [6.07, 6.45) is 4.54. The normalized spacial score (nSPS) is 10.4. The molecule has 0 saturated heterocycles. The van der Waals surface area contributed by atoms with Gasteiger partial charge in [0.1, 0.15) is 12.9 Å². The fourth-order valence-electron chi connectivity index (χ4n) is 1.83. The zero-order valence-electron chi connectivity index (χ0n) is 11.4. The van der Waals surface area contributed by atoms with Crippen LogP contribution < -0.4 is 0 Å². The third-order valence-corrected chi connectivity index (χ3v) is 3.31. The second kappa shape index (κ2) is 6.53. The lowest BCUT2D eigenvalue weighted by Gasteiger charge is -2.01. The van der Waals surface area contributed by atoms with Crippen LogP contribution in [0.15, 0.2) is 63.9 Å². The second-order valence-electron chi connectivity index (χ2n) is 4.49. The predicted molar refractivity (Wildman–Crippen MR) is 83.0 cm³/mol. The highest BCUT2D eigenvalue weighted by Crippen LogP contribution is 2.21. The number of ether oxygens (including phenoxy) is 1. The molecule has 3 rings (SSSR count). The van der Waals surface area contributed by atoms with E-state index in [1.165, 1.54) is 6.26 Å². The molecule has 0 unspecified atom stereocenters. The Morgan fingerprint density at radius 3 is 2.82 bits per heavy atom. The molecular formula is C16H11BrN2O3. The molecule has 0 radical (unpaired) electrons. The lowest BCUT2D eigenvalue weighted by atomic mass is 10.2.